The lowest BCUT2D eigenvalue weighted by atomic mass is 10.00. The smallest absolute Gasteiger partial charge is 0.250 e. The molecule has 2 heterocycles. The van der Waals surface area contributed by atoms with Gasteiger partial charge in [0, 0.05) is 25.2 Å². The summed E-state index contributed by atoms with van der Waals surface area (Å²) in [5.74, 6) is 2.04. The number of ether oxygens (including phenoxy) is 2. The van der Waals surface area contributed by atoms with Gasteiger partial charge < -0.3 is 19.1 Å². The van der Waals surface area contributed by atoms with Crippen LogP contribution in [0.1, 0.15) is 36.0 Å². The molecule has 3 rings (SSSR count). The van der Waals surface area contributed by atoms with Crippen molar-refractivity contribution in [3.8, 4) is 11.5 Å². The van der Waals surface area contributed by atoms with Gasteiger partial charge in [-0.15, -0.1) is 0 Å². The van der Waals surface area contributed by atoms with Crippen LogP contribution in [0.3, 0.4) is 0 Å². The van der Waals surface area contributed by atoms with Gasteiger partial charge in [0.05, 0.1) is 7.11 Å². The summed E-state index contributed by atoms with van der Waals surface area (Å²) in [6.07, 6.45) is 5.39. The van der Waals surface area contributed by atoms with E-state index >= 15 is 0 Å². The monoisotopic (exact) mass is 302 g/mol. The lowest BCUT2D eigenvalue weighted by Gasteiger charge is -2.18. The Hall–Kier alpha value is -2.34. The molecule has 1 aliphatic rings. The van der Waals surface area contributed by atoms with E-state index < -0.39 is 0 Å². The molecule has 1 fully saturated rings. The van der Waals surface area contributed by atoms with Crippen molar-refractivity contribution in [2.24, 2.45) is 0 Å². The number of hydrogen-bond acceptors (Lipinski definition) is 6. The van der Waals surface area contributed by atoms with E-state index in [1.807, 2.05) is 6.07 Å². The van der Waals surface area contributed by atoms with Crippen LogP contribution in [0.4, 0.5) is 0 Å². The number of methoxy groups -OCH3 is 1. The number of benzene rings is 1. The summed E-state index contributed by atoms with van der Waals surface area (Å²) in [4.78, 5) is 4.40. The van der Waals surface area contributed by atoms with E-state index in [1.165, 1.54) is 7.11 Å². The summed E-state index contributed by atoms with van der Waals surface area (Å²) in [7, 11) is 1.51. The van der Waals surface area contributed by atoms with Crippen LogP contribution in [0.15, 0.2) is 22.7 Å². The van der Waals surface area contributed by atoms with Crippen molar-refractivity contribution in [2.75, 3.05) is 20.3 Å². The Morgan fingerprint density at radius 2 is 2.09 bits per heavy atom. The number of rotatable bonds is 4. The number of hydrogen-bond donors (Lipinski definition) is 1. The molecule has 0 radical (unpaired) electrons. The second-order valence-corrected chi connectivity index (χ2v) is 5.14. The van der Waals surface area contributed by atoms with Gasteiger partial charge in [-0.05, 0) is 36.6 Å². The minimum Gasteiger partial charge on any atom is -0.504 e. The first-order valence-corrected chi connectivity index (χ1v) is 7.22. The van der Waals surface area contributed by atoms with Crippen molar-refractivity contribution in [1.82, 2.24) is 10.1 Å². The fourth-order valence-corrected chi connectivity index (χ4v) is 2.41. The fraction of sp³-hybridized carbons (Fsp3) is 0.375. The van der Waals surface area contributed by atoms with Gasteiger partial charge in [-0.1, -0.05) is 11.2 Å². The van der Waals surface area contributed by atoms with Crippen LogP contribution >= 0.6 is 0 Å². The predicted octanol–water partition coefficient (Wildman–Crippen LogP) is 2.85. The number of phenols is 1. The molecule has 0 spiro atoms. The summed E-state index contributed by atoms with van der Waals surface area (Å²) in [6, 6.07) is 5.16. The summed E-state index contributed by atoms with van der Waals surface area (Å²) in [6.45, 7) is 1.49. The minimum absolute atomic E-state index is 0.0954. The van der Waals surface area contributed by atoms with Crippen LogP contribution in [0.2, 0.25) is 0 Å². The van der Waals surface area contributed by atoms with E-state index in [1.54, 1.807) is 24.3 Å². The van der Waals surface area contributed by atoms with Crippen molar-refractivity contribution in [1.29, 1.82) is 0 Å². The molecule has 1 aromatic heterocycles. The average Bonchev–Trinajstić information content (AvgIpc) is 3.03. The highest BCUT2D eigenvalue weighted by Crippen LogP contribution is 2.27. The normalized spacial score (nSPS) is 16.2. The van der Waals surface area contributed by atoms with Crippen LogP contribution in [0.25, 0.3) is 12.2 Å². The standard InChI is InChI=1S/C16H18N2O4/c1-20-14-4-2-11(10-13(14)19)3-5-15-17-16(18-22-15)12-6-8-21-9-7-12/h2-5,10,12,19H,6-9H2,1H3/b5-3+. The van der Waals surface area contributed by atoms with Gasteiger partial charge in [0.15, 0.2) is 17.3 Å². The van der Waals surface area contributed by atoms with Gasteiger partial charge in [-0.25, -0.2) is 0 Å². The van der Waals surface area contributed by atoms with E-state index in [2.05, 4.69) is 10.1 Å². The highest BCUT2D eigenvalue weighted by molar-refractivity contribution is 5.67. The maximum Gasteiger partial charge on any atom is 0.250 e. The minimum atomic E-state index is 0.0954. The molecular formula is C16H18N2O4. The second kappa shape index (κ2) is 6.62. The molecule has 0 bridgehead atoms. The first-order valence-electron chi connectivity index (χ1n) is 7.22. The molecule has 0 amide bonds. The first-order chi connectivity index (χ1) is 10.8. The Bertz CT molecular complexity index is 660. The van der Waals surface area contributed by atoms with Crippen molar-refractivity contribution < 1.29 is 19.1 Å². The zero-order valence-corrected chi connectivity index (χ0v) is 12.4. The number of nitrogens with zero attached hydrogens (tertiary/aromatic N) is 2. The van der Waals surface area contributed by atoms with E-state index in [-0.39, 0.29) is 5.75 Å². The molecule has 116 valence electrons. The predicted molar refractivity (Wildman–Crippen MR) is 80.7 cm³/mol. The number of aromatic nitrogens is 2. The van der Waals surface area contributed by atoms with Crippen LogP contribution in [0.5, 0.6) is 11.5 Å². The molecule has 22 heavy (non-hydrogen) atoms. The summed E-state index contributed by atoms with van der Waals surface area (Å²) in [5.41, 5.74) is 0.823. The lowest BCUT2D eigenvalue weighted by molar-refractivity contribution is 0.0830. The van der Waals surface area contributed by atoms with Gasteiger partial charge >= 0.3 is 0 Å². The molecular weight excluding hydrogens is 284 g/mol. The molecule has 1 aliphatic heterocycles. The SMILES string of the molecule is COc1ccc(/C=C/c2nc(C3CCOCC3)no2)cc1O. The maximum absolute atomic E-state index is 9.74. The third-order valence-corrected chi connectivity index (χ3v) is 3.67. The molecule has 0 atom stereocenters. The molecule has 0 aliphatic carbocycles. The quantitative estimate of drug-likeness (QED) is 0.935. The third-order valence-electron chi connectivity index (χ3n) is 3.67. The number of aromatic hydroxyl groups is 1. The van der Waals surface area contributed by atoms with Crippen LogP contribution in [-0.4, -0.2) is 35.6 Å². The van der Waals surface area contributed by atoms with Gasteiger partial charge in [0.25, 0.3) is 5.89 Å². The van der Waals surface area contributed by atoms with Crippen LogP contribution < -0.4 is 4.74 Å². The van der Waals surface area contributed by atoms with E-state index in [9.17, 15) is 5.11 Å². The molecule has 2 aromatic rings. The molecule has 1 saturated heterocycles. The van der Waals surface area contributed by atoms with Crippen molar-refractivity contribution >= 4 is 12.2 Å². The van der Waals surface area contributed by atoms with E-state index in [4.69, 9.17) is 14.0 Å². The molecule has 6 nitrogen and oxygen atoms in total. The second-order valence-electron chi connectivity index (χ2n) is 5.14. The van der Waals surface area contributed by atoms with E-state index in [0.29, 0.717) is 17.6 Å². The van der Waals surface area contributed by atoms with Crippen molar-refractivity contribution in [2.45, 2.75) is 18.8 Å². The highest BCUT2D eigenvalue weighted by atomic mass is 16.5. The van der Waals surface area contributed by atoms with Gasteiger partial charge in [-0.2, -0.15) is 4.98 Å². The summed E-state index contributed by atoms with van der Waals surface area (Å²) >= 11 is 0. The van der Waals surface area contributed by atoms with Gasteiger partial charge in [-0.3, -0.25) is 0 Å². The summed E-state index contributed by atoms with van der Waals surface area (Å²) in [5, 5.41) is 13.8. The first kappa shape index (κ1) is 14.6. The molecule has 1 N–H and O–H groups in total. The van der Waals surface area contributed by atoms with Gasteiger partial charge in [0.1, 0.15) is 0 Å². The largest absolute Gasteiger partial charge is 0.504 e. The molecule has 1 aromatic carbocycles. The molecule has 0 saturated carbocycles. The highest BCUT2D eigenvalue weighted by Gasteiger charge is 2.20. The van der Waals surface area contributed by atoms with Crippen LogP contribution in [0, 0.1) is 0 Å². The Morgan fingerprint density at radius 1 is 1.27 bits per heavy atom. The van der Waals surface area contributed by atoms with Gasteiger partial charge in [0.2, 0.25) is 0 Å². The van der Waals surface area contributed by atoms with Crippen molar-refractivity contribution in [3.63, 3.8) is 0 Å². The van der Waals surface area contributed by atoms with Crippen LogP contribution in [-0.2, 0) is 4.74 Å². The zero-order valence-electron chi connectivity index (χ0n) is 12.4. The Kier molecular flexibility index (Phi) is 4.39. The zero-order chi connectivity index (χ0) is 15.4. The third kappa shape index (κ3) is 3.28. The average molecular weight is 302 g/mol. The lowest BCUT2D eigenvalue weighted by Crippen LogP contribution is -2.15. The summed E-state index contributed by atoms with van der Waals surface area (Å²) < 4.78 is 15.6. The Balaban J connectivity index is 1.70. The maximum atomic E-state index is 9.74. The number of phenolic OH excluding ortho intramolecular Hbond substituents is 1. The topological polar surface area (TPSA) is 77.6 Å². The fourth-order valence-electron chi connectivity index (χ4n) is 2.41. The molecule has 6 heteroatoms. The Morgan fingerprint density at radius 3 is 2.82 bits per heavy atom. The van der Waals surface area contributed by atoms with Crippen molar-refractivity contribution in [3.05, 3.63) is 35.5 Å². The molecule has 0 unspecified atom stereocenters. The van der Waals surface area contributed by atoms with E-state index in [0.717, 1.165) is 37.4 Å². The Labute approximate surface area is 128 Å².